The molecule has 1 unspecified atom stereocenters. The third-order valence-electron chi connectivity index (χ3n) is 3.57. The number of carbonyl (C=O) groups is 1. The van der Waals surface area contributed by atoms with Crippen molar-refractivity contribution in [3.05, 3.63) is 31.9 Å². The fourth-order valence-corrected chi connectivity index (χ4v) is 3.07. The van der Waals surface area contributed by atoms with Crippen LogP contribution in [0.5, 0.6) is 0 Å². The summed E-state index contributed by atoms with van der Waals surface area (Å²) in [5.41, 5.74) is 0.805. The number of nitro groups is 1. The number of nitro benzene ring substituents is 1. The van der Waals surface area contributed by atoms with Gasteiger partial charge in [0.15, 0.2) is 0 Å². The van der Waals surface area contributed by atoms with Gasteiger partial charge in [0.05, 0.1) is 4.92 Å². The van der Waals surface area contributed by atoms with Crippen LogP contribution in [0.3, 0.4) is 0 Å². The largest absolute Gasteiger partial charge is 0.373 e. The van der Waals surface area contributed by atoms with Gasteiger partial charge in [0, 0.05) is 34.5 Å². The minimum atomic E-state index is -0.422. The number of likely N-dealkylation sites (tertiary alicyclic amines) is 1. The highest BCUT2D eigenvalue weighted by Crippen LogP contribution is 2.24. The molecule has 1 aromatic rings. The maximum Gasteiger partial charge on any atom is 0.270 e. The summed E-state index contributed by atoms with van der Waals surface area (Å²) in [5.74, 6) is 0.0869. The summed E-state index contributed by atoms with van der Waals surface area (Å²) < 4.78 is 0.736. The van der Waals surface area contributed by atoms with Gasteiger partial charge in [-0.3, -0.25) is 14.9 Å². The van der Waals surface area contributed by atoms with Crippen LogP contribution in [-0.2, 0) is 4.79 Å². The molecular formula is C14H18IN3O3. The van der Waals surface area contributed by atoms with Crippen LogP contribution in [0.25, 0.3) is 0 Å². The van der Waals surface area contributed by atoms with Gasteiger partial charge in [-0.25, -0.2) is 0 Å². The second-order valence-electron chi connectivity index (χ2n) is 5.17. The number of halogens is 1. The van der Waals surface area contributed by atoms with Crippen molar-refractivity contribution in [3.63, 3.8) is 0 Å². The monoisotopic (exact) mass is 403 g/mol. The molecule has 1 atom stereocenters. The quantitative estimate of drug-likeness (QED) is 0.477. The van der Waals surface area contributed by atoms with E-state index in [9.17, 15) is 14.9 Å². The van der Waals surface area contributed by atoms with E-state index in [2.05, 4.69) is 5.32 Å². The summed E-state index contributed by atoms with van der Waals surface area (Å²) >= 11 is 2.04. The Morgan fingerprint density at radius 2 is 2.05 bits per heavy atom. The van der Waals surface area contributed by atoms with Crippen molar-refractivity contribution in [1.82, 2.24) is 4.90 Å². The molecule has 21 heavy (non-hydrogen) atoms. The first-order chi connectivity index (χ1) is 9.99. The van der Waals surface area contributed by atoms with Crippen LogP contribution >= 0.6 is 22.6 Å². The molecule has 0 saturated carbocycles. The Labute approximate surface area is 137 Å². The number of hydrogen-bond donors (Lipinski definition) is 1. The Balaban J connectivity index is 2.03. The van der Waals surface area contributed by atoms with Gasteiger partial charge in [-0.15, -0.1) is 0 Å². The first-order valence-electron chi connectivity index (χ1n) is 6.98. The number of nitrogens with zero attached hydrogens (tertiary/aromatic N) is 2. The molecule has 0 radical (unpaired) electrons. The standard InChI is InChI=1S/C14H18IN3O3/c1-10(14(19)17-7-3-2-4-8-17)16-13-6-5-11(18(20)21)9-12(13)15/h5-6,9-10,16H,2-4,7-8H2,1H3. The lowest BCUT2D eigenvalue weighted by atomic mass is 10.1. The third kappa shape index (κ3) is 4.05. The van der Waals surface area contributed by atoms with Crippen molar-refractivity contribution in [3.8, 4) is 0 Å². The molecule has 1 amide bonds. The summed E-state index contributed by atoms with van der Waals surface area (Å²) in [5, 5.41) is 13.9. The van der Waals surface area contributed by atoms with Gasteiger partial charge in [0.2, 0.25) is 5.91 Å². The minimum Gasteiger partial charge on any atom is -0.373 e. The molecule has 1 N–H and O–H groups in total. The van der Waals surface area contributed by atoms with Crippen molar-refractivity contribution in [2.75, 3.05) is 18.4 Å². The predicted molar refractivity (Wildman–Crippen MR) is 89.3 cm³/mol. The molecule has 114 valence electrons. The zero-order valence-corrected chi connectivity index (χ0v) is 14.0. The van der Waals surface area contributed by atoms with Crippen molar-refractivity contribution in [2.45, 2.75) is 32.2 Å². The van der Waals surface area contributed by atoms with Gasteiger partial charge < -0.3 is 10.2 Å². The molecule has 0 bridgehead atoms. The molecule has 1 saturated heterocycles. The van der Waals surface area contributed by atoms with Gasteiger partial charge in [0.25, 0.3) is 5.69 Å². The van der Waals surface area contributed by atoms with Gasteiger partial charge >= 0.3 is 0 Å². The highest BCUT2D eigenvalue weighted by atomic mass is 127. The van der Waals surface area contributed by atoms with Crippen molar-refractivity contribution >= 4 is 39.9 Å². The van der Waals surface area contributed by atoms with Crippen LogP contribution in [0.4, 0.5) is 11.4 Å². The fourth-order valence-electron chi connectivity index (χ4n) is 2.42. The van der Waals surface area contributed by atoms with Crippen LogP contribution in [0.2, 0.25) is 0 Å². The van der Waals surface area contributed by atoms with Gasteiger partial charge in [0.1, 0.15) is 6.04 Å². The summed E-state index contributed by atoms with van der Waals surface area (Å²) in [7, 11) is 0. The minimum absolute atomic E-state index is 0.0555. The number of piperidine rings is 1. The third-order valence-corrected chi connectivity index (χ3v) is 4.47. The Morgan fingerprint density at radius 1 is 1.38 bits per heavy atom. The molecule has 1 heterocycles. The zero-order valence-electron chi connectivity index (χ0n) is 11.8. The van der Waals surface area contributed by atoms with Crippen LogP contribution in [0, 0.1) is 13.7 Å². The number of amides is 1. The van der Waals surface area contributed by atoms with E-state index in [-0.39, 0.29) is 17.6 Å². The molecule has 1 aliphatic heterocycles. The molecule has 0 aromatic heterocycles. The van der Waals surface area contributed by atoms with Crippen LogP contribution in [0.1, 0.15) is 26.2 Å². The van der Waals surface area contributed by atoms with E-state index in [4.69, 9.17) is 0 Å². The highest BCUT2D eigenvalue weighted by molar-refractivity contribution is 14.1. The average Bonchev–Trinajstić information content (AvgIpc) is 2.49. The van der Waals surface area contributed by atoms with E-state index in [1.54, 1.807) is 6.07 Å². The number of rotatable bonds is 4. The maximum atomic E-state index is 12.3. The van der Waals surface area contributed by atoms with Crippen molar-refractivity contribution in [2.24, 2.45) is 0 Å². The lowest BCUT2D eigenvalue weighted by Crippen LogP contribution is -2.44. The smallest absolute Gasteiger partial charge is 0.270 e. The molecule has 0 spiro atoms. The molecule has 1 aromatic carbocycles. The van der Waals surface area contributed by atoms with Gasteiger partial charge in [-0.2, -0.15) is 0 Å². The summed E-state index contributed by atoms with van der Waals surface area (Å²) in [6, 6.07) is 4.27. The van der Waals surface area contributed by atoms with Crippen LogP contribution in [0.15, 0.2) is 18.2 Å². The SMILES string of the molecule is CC(Nc1ccc([N+](=O)[O-])cc1I)C(=O)N1CCCCC1. The topological polar surface area (TPSA) is 75.5 Å². The van der Waals surface area contributed by atoms with E-state index in [1.165, 1.54) is 18.6 Å². The molecule has 0 aliphatic carbocycles. The number of benzene rings is 1. The molecule has 2 rings (SSSR count). The number of nitrogens with one attached hydrogen (secondary N) is 1. The molecule has 7 heteroatoms. The summed E-state index contributed by atoms with van der Waals surface area (Å²) in [6.45, 7) is 3.47. The molecular weight excluding hydrogens is 385 g/mol. The maximum absolute atomic E-state index is 12.3. The molecule has 1 aliphatic rings. The zero-order chi connectivity index (χ0) is 15.4. The Bertz CT molecular complexity index is 544. The second kappa shape index (κ2) is 7.06. The second-order valence-corrected chi connectivity index (χ2v) is 6.34. The van der Waals surface area contributed by atoms with Crippen molar-refractivity contribution in [1.29, 1.82) is 0 Å². The number of non-ortho nitro benzene ring substituents is 1. The molecule has 6 nitrogen and oxygen atoms in total. The van der Waals surface area contributed by atoms with Gasteiger partial charge in [-0.05, 0) is 54.8 Å². The van der Waals surface area contributed by atoms with E-state index in [0.717, 1.165) is 35.2 Å². The number of anilines is 1. The number of carbonyl (C=O) groups excluding carboxylic acids is 1. The number of hydrogen-bond acceptors (Lipinski definition) is 4. The van der Waals surface area contributed by atoms with E-state index in [1.807, 2.05) is 34.4 Å². The first-order valence-corrected chi connectivity index (χ1v) is 8.06. The van der Waals surface area contributed by atoms with E-state index >= 15 is 0 Å². The van der Waals surface area contributed by atoms with E-state index < -0.39 is 4.92 Å². The fraction of sp³-hybridized carbons (Fsp3) is 0.500. The Kier molecular flexibility index (Phi) is 5.38. The Morgan fingerprint density at radius 3 is 2.62 bits per heavy atom. The van der Waals surface area contributed by atoms with E-state index in [0.29, 0.717) is 0 Å². The predicted octanol–water partition coefficient (Wildman–Crippen LogP) is 3.01. The lowest BCUT2D eigenvalue weighted by molar-refractivity contribution is -0.384. The van der Waals surface area contributed by atoms with Crippen LogP contribution < -0.4 is 5.32 Å². The van der Waals surface area contributed by atoms with Crippen LogP contribution in [-0.4, -0.2) is 34.9 Å². The normalized spacial score (nSPS) is 16.4. The summed E-state index contributed by atoms with van der Waals surface area (Å²) in [4.78, 5) is 24.5. The molecule has 1 fully saturated rings. The highest BCUT2D eigenvalue weighted by Gasteiger charge is 2.22. The summed E-state index contributed by atoms with van der Waals surface area (Å²) in [6.07, 6.45) is 3.31. The van der Waals surface area contributed by atoms with Gasteiger partial charge in [-0.1, -0.05) is 0 Å². The average molecular weight is 403 g/mol. The lowest BCUT2D eigenvalue weighted by Gasteiger charge is -2.29. The first kappa shape index (κ1) is 16.0. The van der Waals surface area contributed by atoms with Crippen molar-refractivity contribution < 1.29 is 9.72 Å². The Hall–Kier alpha value is -1.38.